The van der Waals surface area contributed by atoms with Crippen LogP contribution in [0.4, 0.5) is 0 Å². The molecule has 0 radical (unpaired) electrons. The van der Waals surface area contributed by atoms with Crippen molar-refractivity contribution in [2.45, 2.75) is 12.5 Å². The summed E-state index contributed by atoms with van der Waals surface area (Å²) < 4.78 is 5.61. The Morgan fingerprint density at radius 1 is 1.05 bits per heavy atom. The van der Waals surface area contributed by atoms with Crippen LogP contribution in [0, 0.1) is 0 Å². The molecule has 1 aliphatic rings. The summed E-state index contributed by atoms with van der Waals surface area (Å²) in [5, 5.41) is 11.7. The van der Waals surface area contributed by atoms with E-state index in [2.05, 4.69) is 0 Å². The summed E-state index contributed by atoms with van der Waals surface area (Å²) in [4.78, 5) is 0. The zero-order chi connectivity index (χ0) is 13.4. The Morgan fingerprint density at radius 2 is 1.79 bits per heavy atom. The predicted octanol–water partition coefficient (Wildman–Crippen LogP) is 4.01. The lowest BCUT2D eigenvalue weighted by atomic mass is 9.98. The molecule has 2 nitrogen and oxygen atoms in total. The smallest absolute Gasteiger partial charge is 0.128 e. The SMILES string of the molecule is OC(c1ccc(Cl)cc1)c1cc(Cl)cc2c1OCC2. The Bertz CT molecular complexity index is 608. The summed E-state index contributed by atoms with van der Waals surface area (Å²) in [6, 6.07) is 10.8. The fourth-order valence-electron chi connectivity index (χ4n) is 2.33. The summed E-state index contributed by atoms with van der Waals surface area (Å²) in [6.07, 6.45) is 0.0683. The first-order valence-electron chi connectivity index (χ1n) is 6.04. The lowest BCUT2D eigenvalue weighted by molar-refractivity contribution is 0.214. The average molecular weight is 295 g/mol. The van der Waals surface area contributed by atoms with Gasteiger partial charge in [0.1, 0.15) is 11.9 Å². The molecule has 2 aromatic rings. The van der Waals surface area contributed by atoms with E-state index in [9.17, 15) is 5.11 Å². The van der Waals surface area contributed by atoms with Crippen LogP contribution >= 0.6 is 23.2 Å². The molecule has 1 N–H and O–H groups in total. The average Bonchev–Trinajstić information content (AvgIpc) is 2.85. The van der Waals surface area contributed by atoms with Gasteiger partial charge >= 0.3 is 0 Å². The van der Waals surface area contributed by atoms with Crippen LogP contribution in [0.15, 0.2) is 36.4 Å². The number of ether oxygens (including phenoxy) is 1. The second-order valence-electron chi connectivity index (χ2n) is 4.54. The fraction of sp³-hybridized carbons (Fsp3) is 0.200. The molecule has 0 fully saturated rings. The molecule has 4 heteroatoms. The van der Waals surface area contributed by atoms with Gasteiger partial charge in [0.05, 0.1) is 6.61 Å². The van der Waals surface area contributed by atoms with Crippen molar-refractivity contribution < 1.29 is 9.84 Å². The van der Waals surface area contributed by atoms with E-state index in [4.69, 9.17) is 27.9 Å². The molecule has 0 spiro atoms. The van der Waals surface area contributed by atoms with Crippen LogP contribution in [-0.4, -0.2) is 11.7 Å². The van der Waals surface area contributed by atoms with Crippen molar-refractivity contribution in [2.24, 2.45) is 0 Å². The zero-order valence-electron chi connectivity index (χ0n) is 10.1. The molecule has 0 aromatic heterocycles. The van der Waals surface area contributed by atoms with Crippen LogP contribution in [0.25, 0.3) is 0 Å². The Kier molecular flexibility index (Phi) is 3.40. The van der Waals surface area contributed by atoms with Gasteiger partial charge in [-0.05, 0) is 35.4 Å². The second-order valence-corrected chi connectivity index (χ2v) is 5.41. The molecule has 0 saturated carbocycles. The topological polar surface area (TPSA) is 29.5 Å². The highest BCUT2D eigenvalue weighted by Crippen LogP contribution is 2.38. The molecule has 1 unspecified atom stereocenters. The van der Waals surface area contributed by atoms with Gasteiger partial charge < -0.3 is 9.84 Å². The van der Waals surface area contributed by atoms with Crippen molar-refractivity contribution in [3.8, 4) is 5.75 Å². The first kappa shape index (κ1) is 12.8. The Balaban J connectivity index is 2.04. The molecule has 98 valence electrons. The minimum atomic E-state index is -0.761. The summed E-state index contributed by atoms with van der Waals surface area (Å²) >= 11 is 12.0. The van der Waals surface area contributed by atoms with E-state index in [0.717, 1.165) is 23.3 Å². The molecular weight excluding hydrogens is 283 g/mol. The predicted molar refractivity (Wildman–Crippen MR) is 76.2 cm³/mol. The van der Waals surface area contributed by atoms with Crippen molar-refractivity contribution >= 4 is 23.2 Å². The molecule has 19 heavy (non-hydrogen) atoms. The fourth-order valence-corrected chi connectivity index (χ4v) is 2.70. The summed E-state index contributed by atoms with van der Waals surface area (Å²) in [5.41, 5.74) is 2.53. The normalized spacial score (nSPS) is 14.9. The van der Waals surface area contributed by atoms with E-state index in [1.807, 2.05) is 6.07 Å². The number of hydrogen-bond donors (Lipinski definition) is 1. The van der Waals surface area contributed by atoms with Crippen LogP contribution in [0.5, 0.6) is 5.75 Å². The van der Waals surface area contributed by atoms with Crippen molar-refractivity contribution in [1.29, 1.82) is 0 Å². The Hall–Kier alpha value is -1.22. The monoisotopic (exact) mass is 294 g/mol. The van der Waals surface area contributed by atoms with Gasteiger partial charge in [0, 0.05) is 22.0 Å². The number of benzene rings is 2. The van der Waals surface area contributed by atoms with E-state index >= 15 is 0 Å². The first-order chi connectivity index (χ1) is 9.15. The Labute approximate surface area is 121 Å². The van der Waals surface area contributed by atoms with Gasteiger partial charge in [-0.1, -0.05) is 35.3 Å². The third-order valence-corrected chi connectivity index (χ3v) is 3.73. The zero-order valence-corrected chi connectivity index (χ0v) is 11.6. The van der Waals surface area contributed by atoms with Crippen LogP contribution in [0.1, 0.15) is 22.8 Å². The molecule has 0 bridgehead atoms. The van der Waals surface area contributed by atoms with Crippen molar-refractivity contribution in [1.82, 2.24) is 0 Å². The van der Waals surface area contributed by atoms with Crippen LogP contribution in [-0.2, 0) is 6.42 Å². The molecule has 1 heterocycles. The maximum atomic E-state index is 10.5. The Morgan fingerprint density at radius 3 is 2.53 bits per heavy atom. The highest BCUT2D eigenvalue weighted by Gasteiger charge is 2.23. The van der Waals surface area contributed by atoms with E-state index < -0.39 is 6.10 Å². The molecule has 0 amide bonds. The van der Waals surface area contributed by atoms with Crippen molar-refractivity contribution in [2.75, 3.05) is 6.61 Å². The molecule has 3 rings (SSSR count). The standard InChI is InChI=1S/C15H12Cl2O2/c16-11-3-1-9(2-4-11)14(18)13-8-12(17)7-10-5-6-19-15(10)13/h1-4,7-8,14,18H,5-6H2. The van der Waals surface area contributed by atoms with Gasteiger partial charge in [-0.25, -0.2) is 0 Å². The molecule has 1 atom stereocenters. The maximum absolute atomic E-state index is 10.5. The van der Waals surface area contributed by atoms with Gasteiger partial charge in [0.2, 0.25) is 0 Å². The van der Waals surface area contributed by atoms with Gasteiger partial charge in [-0.2, -0.15) is 0 Å². The molecule has 0 aliphatic carbocycles. The summed E-state index contributed by atoms with van der Waals surface area (Å²) in [6.45, 7) is 0.635. The highest BCUT2D eigenvalue weighted by atomic mass is 35.5. The van der Waals surface area contributed by atoms with Gasteiger partial charge in [0.15, 0.2) is 0 Å². The first-order valence-corrected chi connectivity index (χ1v) is 6.79. The van der Waals surface area contributed by atoms with Gasteiger partial charge in [0.25, 0.3) is 0 Å². The number of aliphatic hydroxyl groups is 1. The quantitative estimate of drug-likeness (QED) is 0.907. The molecule has 2 aromatic carbocycles. The molecule has 0 saturated heterocycles. The largest absolute Gasteiger partial charge is 0.493 e. The maximum Gasteiger partial charge on any atom is 0.128 e. The third-order valence-electron chi connectivity index (χ3n) is 3.26. The number of aliphatic hydroxyl groups excluding tert-OH is 1. The van der Waals surface area contributed by atoms with Crippen LogP contribution in [0.3, 0.4) is 0 Å². The minimum Gasteiger partial charge on any atom is -0.493 e. The van der Waals surface area contributed by atoms with E-state index in [0.29, 0.717) is 22.2 Å². The van der Waals surface area contributed by atoms with E-state index in [1.165, 1.54) is 0 Å². The second kappa shape index (κ2) is 5.04. The lowest BCUT2D eigenvalue weighted by Crippen LogP contribution is -2.02. The van der Waals surface area contributed by atoms with Crippen molar-refractivity contribution in [3.05, 3.63) is 63.1 Å². The van der Waals surface area contributed by atoms with Crippen molar-refractivity contribution in [3.63, 3.8) is 0 Å². The minimum absolute atomic E-state index is 0.618. The van der Waals surface area contributed by atoms with Crippen LogP contribution in [0.2, 0.25) is 10.0 Å². The molecule has 1 aliphatic heterocycles. The number of halogens is 2. The summed E-state index contributed by atoms with van der Waals surface area (Å²) in [7, 11) is 0. The van der Waals surface area contributed by atoms with E-state index in [-0.39, 0.29) is 0 Å². The highest BCUT2D eigenvalue weighted by molar-refractivity contribution is 6.31. The summed E-state index contributed by atoms with van der Waals surface area (Å²) in [5.74, 6) is 0.756. The number of hydrogen-bond acceptors (Lipinski definition) is 2. The van der Waals surface area contributed by atoms with Crippen LogP contribution < -0.4 is 4.74 Å². The number of rotatable bonds is 2. The molecular formula is C15H12Cl2O2. The van der Waals surface area contributed by atoms with Gasteiger partial charge in [-0.3, -0.25) is 0 Å². The third kappa shape index (κ3) is 2.44. The lowest BCUT2D eigenvalue weighted by Gasteiger charge is -2.15. The van der Waals surface area contributed by atoms with E-state index in [1.54, 1.807) is 30.3 Å². The van der Waals surface area contributed by atoms with Gasteiger partial charge in [-0.15, -0.1) is 0 Å². The number of fused-ring (bicyclic) bond motifs is 1.